The van der Waals surface area contributed by atoms with E-state index in [9.17, 15) is 9.90 Å². The Kier molecular flexibility index (Phi) is 4.28. The molecule has 6 nitrogen and oxygen atoms in total. The van der Waals surface area contributed by atoms with E-state index in [-0.39, 0.29) is 5.76 Å². The van der Waals surface area contributed by atoms with E-state index in [1.807, 2.05) is 0 Å². The van der Waals surface area contributed by atoms with E-state index in [1.54, 1.807) is 0 Å². The Morgan fingerprint density at radius 2 is 2.06 bits per heavy atom. The van der Waals surface area contributed by atoms with Crippen LogP contribution in [0.5, 0.6) is 0 Å². The minimum absolute atomic E-state index is 0.194. The summed E-state index contributed by atoms with van der Waals surface area (Å²) in [4.78, 5) is 10.9. The lowest BCUT2D eigenvalue weighted by Gasteiger charge is -2.39. The molecule has 1 N–H and O–H groups in total. The van der Waals surface area contributed by atoms with Gasteiger partial charge in [-0.3, -0.25) is 4.79 Å². The fraction of sp³-hybridized carbons (Fsp3) is 0.700. The smallest absolute Gasteiger partial charge is 0.303 e. The van der Waals surface area contributed by atoms with Gasteiger partial charge in [0.05, 0.1) is 0 Å². The van der Waals surface area contributed by atoms with Crippen LogP contribution in [0.15, 0.2) is 12.3 Å². The molecule has 0 aromatic rings. The maximum absolute atomic E-state index is 10.9. The van der Waals surface area contributed by atoms with Crippen LogP contribution in [-0.4, -0.2) is 49.9 Å². The molecule has 16 heavy (non-hydrogen) atoms. The van der Waals surface area contributed by atoms with Gasteiger partial charge in [0.2, 0.25) is 6.29 Å². The van der Waals surface area contributed by atoms with Crippen LogP contribution in [0.4, 0.5) is 0 Å². The van der Waals surface area contributed by atoms with Gasteiger partial charge in [0, 0.05) is 21.1 Å². The predicted octanol–water partition coefficient (Wildman–Crippen LogP) is -0.190. The highest BCUT2D eigenvalue weighted by atomic mass is 16.7. The van der Waals surface area contributed by atoms with Gasteiger partial charge in [0.1, 0.15) is 18.0 Å². The molecule has 0 aliphatic carbocycles. The van der Waals surface area contributed by atoms with Crippen molar-refractivity contribution in [2.75, 3.05) is 14.2 Å². The van der Waals surface area contributed by atoms with Gasteiger partial charge in [-0.2, -0.15) is 0 Å². The van der Waals surface area contributed by atoms with Crippen molar-refractivity contribution in [2.24, 2.45) is 0 Å². The van der Waals surface area contributed by atoms with Crippen LogP contribution in [0, 0.1) is 0 Å². The molecule has 1 saturated heterocycles. The summed E-state index contributed by atoms with van der Waals surface area (Å²) >= 11 is 0. The van der Waals surface area contributed by atoms with Crippen molar-refractivity contribution in [1.29, 1.82) is 0 Å². The zero-order valence-corrected chi connectivity index (χ0v) is 9.50. The van der Waals surface area contributed by atoms with Gasteiger partial charge < -0.3 is 24.1 Å². The Balaban J connectivity index is 2.83. The van der Waals surface area contributed by atoms with Crippen molar-refractivity contribution >= 4 is 5.97 Å². The number of carbonyl (C=O) groups is 1. The molecular weight excluding hydrogens is 216 g/mol. The molecule has 0 spiro atoms. The molecule has 1 fully saturated rings. The van der Waals surface area contributed by atoms with Crippen LogP contribution in [0.25, 0.3) is 0 Å². The predicted molar refractivity (Wildman–Crippen MR) is 53.4 cm³/mol. The normalized spacial score (nSPS) is 34.4. The van der Waals surface area contributed by atoms with E-state index in [0.29, 0.717) is 0 Å². The Morgan fingerprint density at radius 1 is 1.44 bits per heavy atom. The average Bonchev–Trinajstić information content (AvgIpc) is 2.23. The second-order valence-corrected chi connectivity index (χ2v) is 3.41. The molecule has 4 atom stereocenters. The minimum Gasteiger partial charge on any atom is -0.463 e. The first-order valence-corrected chi connectivity index (χ1v) is 4.77. The zero-order valence-electron chi connectivity index (χ0n) is 9.50. The Labute approximate surface area is 93.7 Å². The number of aliphatic hydroxyl groups excluding tert-OH is 1. The van der Waals surface area contributed by atoms with Crippen molar-refractivity contribution in [2.45, 2.75) is 31.5 Å². The van der Waals surface area contributed by atoms with Crippen molar-refractivity contribution in [3.63, 3.8) is 0 Å². The molecule has 92 valence electrons. The number of hydrogen-bond donors (Lipinski definition) is 1. The summed E-state index contributed by atoms with van der Waals surface area (Å²) in [6.45, 7) is 4.87. The number of carbonyl (C=O) groups excluding carboxylic acids is 1. The van der Waals surface area contributed by atoms with Gasteiger partial charge in [-0.15, -0.1) is 0 Å². The summed E-state index contributed by atoms with van der Waals surface area (Å²) in [6, 6.07) is 0. The van der Waals surface area contributed by atoms with Gasteiger partial charge in [0.25, 0.3) is 0 Å². The topological polar surface area (TPSA) is 74.2 Å². The minimum atomic E-state index is -1.05. The van der Waals surface area contributed by atoms with E-state index in [1.165, 1.54) is 21.1 Å². The quantitative estimate of drug-likeness (QED) is 0.680. The molecule has 0 bridgehead atoms. The number of methoxy groups -OCH3 is 2. The van der Waals surface area contributed by atoms with Gasteiger partial charge in [-0.1, -0.05) is 6.58 Å². The summed E-state index contributed by atoms with van der Waals surface area (Å²) < 4.78 is 20.1. The number of hydrogen-bond acceptors (Lipinski definition) is 6. The fourth-order valence-electron chi connectivity index (χ4n) is 1.57. The molecule has 0 aromatic carbocycles. The highest BCUT2D eigenvalue weighted by Gasteiger charge is 2.44. The summed E-state index contributed by atoms with van der Waals surface area (Å²) in [6.07, 6.45) is -3.51. The molecule has 0 saturated carbocycles. The third-order valence-corrected chi connectivity index (χ3v) is 2.30. The van der Waals surface area contributed by atoms with E-state index in [0.717, 1.165) is 0 Å². The molecule has 6 heteroatoms. The molecule has 0 aromatic heterocycles. The molecule has 1 rings (SSSR count). The molecule has 0 unspecified atom stereocenters. The van der Waals surface area contributed by atoms with Crippen molar-refractivity contribution < 1.29 is 28.8 Å². The molecule has 1 aliphatic heterocycles. The lowest BCUT2D eigenvalue weighted by atomic mass is 10.0. The number of ether oxygens (including phenoxy) is 4. The maximum Gasteiger partial charge on any atom is 0.303 e. The van der Waals surface area contributed by atoms with Gasteiger partial charge in [0.15, 0.2) is 6.10 Å². The molecule has 0 radical (unpaired) electrons. The monoisotopic (exact) mass is 232 g/mol. The van der Waals surface area contributed by atoms with Crippen molar-refractivity contribution in [3.8, 4) is 0 Å². The van der Waals surface area contributed by atoms with E-state index < -0.39 is 30.6 Å². The Bertz CT molecular complexity index is 276. The highest BCUT2D eigenvalue weighted by Crippen LogP contribution is 2.27. The molecule has 1 aliphatic rings. The largest absolute Gasteiger partial charge is 0.463 e. The standard InChI is InChI=1S/C10H16O6/c1-5-8(16-6(2)11)9(13-3)7(12)10(14-4)15-5/h7-10,12H,1H2,2-4H3/t7-,8-,9-,10+/m1/s1. The number of aliphatic hydroxyl groups is 1. The van der Waals surface area contributed by atoms with Crippen LogP contribution < -0.4 is 0 Å². The Morgan fingerprint density at radius 3 is 2.50 bits per heavy atom. The van der Waals surface area contributed by atoms with E-state index in [4.69, 9.17) is 18.9 Å². The van der Waals surface area contributed by atoms with Crippen LogP contribution in [0.1, 0.15) is 6.92 Å². The summed E-state index contributed by atoms with van der Waals surface area (Å²) in [7, 11) is 2.79. The van der Waals surface area contributed by atoms with Crippen LogP contribution in [0.3, 0.4) is 0 Å². The first-order chi connectivity index (χ1) is 7.51. The fourth-order valence-corrected chi connectivity index (χ4v) is 1.57. The van der Waals surface area contributed by atoms with E-state index >= 15 is 0 Å². The SMILES string of the molecule is C=C1O[C@H](OC)[C@H](O)[C@@H](OC)[C@@H]1OC(C)=O. The highest BCUT2D eigenvalue weighted by molar-refractivity contribution is 5.66. The molecular formula is C10H16O6. The second-order valence-electron chi connectivity index (χ2n) is 3.41. The first-order valence-electron chi connectivity index (χ1n) is 4.77. The number of esters is 1. The van der Waals surface area contributed by atoms with Gasteiger partial charge in [-0.05, 0) is 0 Å². The van der Waals surface area contributed by atoms with E-state index in [2.05, 4.69) is 6.58 Å². The third-order valence-electron chi connectivity index (χ3n) is 2.30. The molecule has 0 amide bonds. The van der Waals surface area contributed by atoms with Gasteiger partial charge >= 0.3 is 5.97 Å². The second kappa shape index (κ2) is 5.29. The lowest BCUT2D eigenvalue weighted by molar-refractivity contribution is -0.245. The lowest BCUT2D eigenvalue weighted by Crippen LogP contribution is -2.54. The first kappa shape index (κ1) is 13.0. The zero-order chi connectivity index (χ0) is 12.3. The summed E-state index contributed by atoms with van der Waals surface area (Å²) in [5, 5.41) is 9.82. The third kappa shape index (κ3) is 2.52. The average molecular weight is 232 g/mol. The van der Waals surface area contributed by atoms with Crippen molar-refractivity contribution in [1.82, 2.24) is 0 Å². The number of rotatable bonds is 3. The van der Waals surface area contributed by atoms with Crippen molar-refractivity contribution in [3.05, 3.63) is 12.3 Å². The van der Waals surface area contributed by atoms with Gasteiger partial charge in [-0.25, -0.2) is 0 Å². The summed E-state index contributed by atoms with van der Waals surface area (Å²) in [5.74, 6) is -0.306. The Hall–Kier alpha value is -1.11. The van der Waals surface area contributed by atoms with Crippen LogP contribution in [0.2, 0.25) is 0 Å². The molecule has 1 heterocycles. The maximum atomic E-state index is 10.9. The van der Waals surface area contributed by atoms with Crippen LogP contribution >= 0.6 is 0 Å². The summed E-state index contributed by atoms with van der Waals surface area (Å²) in [5.41, 5.74) is 0. The van der Waals surface area contributed by atoms with Crippen LogP contribution in [-0.2, 0) is 23.7 Å².